The molecule has 0 unspecified atom stereocenters. The number of aliphatic carboxylic acids is 2. The Morgan fingerprint density at radius 1 is 0.957 bits per heavy atom. The van der Waals surface area contributed by atoms with Gasteiger partial charge < -0.3 is 26.2 Å². The number of nitrogens with one attached hydrogen (secondary N) is 3. The quantitative estimate of drug-likeness (QED) is 0.287. The average Bonchev–Trinajstić information content (AvgIpc) is 2.49. The number of carbonyl (C=O) groups excluding carboxylic acids is 1. The molecule has 0 aromatic heterocycles. The molecule has 0 aliphatic heterocycles. The number of rotatable bonds is 14. The lowest BCUT2D eigenvalue weighted by molar-refractivity contribution is -0.142. The van der Waals surface area contributed by atoms with Crippen molar-refractivity contribution in [1.82, 2.24) is 16.0 Å². The first-order valence-electron chi connectivity index (χ1n) is 8.11. The third kappa shape index (κ3) is 10.6. The summed E-state index contributed by atoms with van der Waals surface area (Å²) >= 11 is 0. The highest BCUT2D eigenvalue weighted by molar-refractivity contribution is 5.87. The van der Waals surface area contributed by atoms with E-state index in [1.165, 1.54) is 0 Å². The topological polar surface area (TPSA) is 128 Å². The summed E-state index contributed by atoms with van der Waals surface area (Å²) in [5, 5.41) is 26.5. The molecule has 0 saturated carbocycles. The fourth-order valence-electron chi connectivity index (χ4n) is 2.15. The highest BCUT2D eigenvalue weighted by atomic mass is 16.4. The number of unbranched alkanes of at least 4 members (excludes halogenated alkanes) is 1. The first-order chi connectivity index (χ1) is 10.9. The predicted octanol–water partition coefficient (Wildman–Crippen LogP) is 0.179. The molecule has 8 nitrogen and oxygen atoms in total. The summed E-state index contributed by atoms with van der Waals surface area (Å²) in [7, 11) is 0. The second-order valence-electron chi connectivity index (χ2n) is 5.29. The number of hydrogen-bond donors (Lipinski definition) is 5. The van der Waals surface area contributed by atoms with E-state index in [4.69, 9.17) is 5.11 Å². The molecular formula is C15H29N3O5. The summed E-state index contributed by atoms with van der Waals surface area (Å²) < 4.78 is 0. The number of amides is 1. The Balaban J connectivity index is 4.42. The average molecular weight is 331 g/mol. The van der Waals surface area contributed by atoms with Crippen LogP contribution >= 0.6 is 0 Å². The third-order valence-corrected chi connectivity index (χ3v) is 3.37. The molecular weight excluding hydrogens is 302 g/mol. The van der Waals surface area contributed by atoms with Crippen LogP contribution in [0.15, 0.2) is 0 Å². The molecule has 23 heavy (non-hydrogen) atoms. The van der Waals surface area contributed by atoms with E-state index in [2.05, 4.69) is 16.0 Å². The van der Waals surface area contributed by atoms with Gasteiger partial charge in [-0.1, -0.05) is 13.8 Å². The van der Waals surface area contributed by atoms with Crippen LogP contribution in [0.3, 0.4) is 0 Å². The Labute approximate surface area is 137 Å². The van der Waals surface area contributed by atoms with Gasteiger partial charge in [0.15, 0.2) is 0 Å². The largest absolute Gasteiger partial charge is 0.481 e. The maximum Gasteiger partial charge on any atom is 0.326 e. The summed E-state index contributed by atoms with van der Waals surface area (Å²) in [6.45, 7) is 5.98. The third-order valence-electron chi connectivity index (χ3n) is 3.37. The zero-order valence-electron chi connectivity index (χ0n) is 13.9. The van der Waals surface area contributed by atoms with Crippen molar-refractivity contribution in [3.63, 3.8) is 0 Å². The summed E-state index contributed by atoms with van der Waals surface area (Å²) in [5.74, 6) is -2.53. The van der Waals surface area contributed by atoms with E-state index >= 15 is 0 Å². The Hall–Kier alpha value is -1.67. The van der Waals surface area contributed by atoms with Gasteiger partial charge >= 0.3 is 11.9 Å². The van der Waals surface area contributed by atoms with Crippen LogP contribution < -0.4 is 16.0 Å². The zero-order valence-corrected chi connectivity index (χ0v) is 13.9. The number of likely N-dealkylation sites (N-methyl/N-ethyl adjacent to an activating group) is 1. The molecule has 134 valence electrons. The van der Waals surface area contributed by atoms with Crippen molar-refractivity contribution in [1.29, 1.82) is 0 Å². The molecule has 1 amide bonds. The van der Waals surface area contributed by atoms with Crippen molar-refractivity contribution >= 4 is 17.8 Å². The Morgan fingerprint density at radius 2 is 1.65 bits per heavy atom. The Morgan fingerprint density at radius 3 is 2.17 bits per heavy atom. The van der Waals surface area contributed by atoms with Crippen molar-refractivity contribution in [2.45, 2.75) is 58.0 Å². The van der Waals surface area contributed by atoms with Crippen molar-refractivity contribution < 1.29 is 24.6 Å². The molecule has 2 atom stereocenters. The Bertz CT molecular complexity index is 376. The van der Waals surface area contributed by atoms with Crippen molar-refractivity contribution in [3.05, 3.63) is 0 Å². The van der Waals surface area contributed by atoms with Crippen LogP contribution in [0.2, 0.25) is 0 Å². The maximum atomic E-state index is 12.2. The van der Waals surface area contributed by atoms with Crippen molar-refractivity contribution in [2.75, 3.05) is 19.6 Å². The number of carboxylic acid groups (broad SMARTS) is 2. The summed E-state index contributed by atoms with van der Waals surface area (Å²) in [6, 6.07) is -1.64. The van der Waals surface area contributed by atoms with E-state index in [-0.39, 0.29) is 12.8 Å². The lowest BCUT2D eigenvalue weighted by atomic mass is 10.1. The minimum Gasteiger partial charge on any atom is -0.481 e. The fraction of sp³-hybridized carbons (Fsp3) is 0.800. The molecule has 0 aliphatic carbocycles. The predicted molar refractivity (Wildman–Crippen MR) is 86.3 cm³/mol. The number of carboxylic acids is 2. The standard InChI is InChI=1S/C15H29N3O5/c1-3-16-10-6-5-7-12(15(22)23)18-14(21)11(17-4-2)8-9-13(19)20/h11-12,16-17H,3-10H2,1-2H3,(H,18,21)(H,19,20)(H,22,23)/t11-,12-/m0/s1. The zero-order chi connectivity index (χ0) is 17.7. The Kier molecular flexibility index (Phi) is 11.9. The monoisotopic (exact) mass is 331 g/mol. The highest BCUT2D eigenvalue weighted by Gasteiger charge is 2.24. The molecule has 0 aromatic carbocycles. The second kappa shape index (κ2) is 12.8. The van der Waals surface area contributed by atoms with Gasteiger partial charge in [0, 0.05) is 6.42 Å². The summed E-state index contributed by atoms with van der Waals surface area (Å²) in [6.07, 6.45) is 1.85. The smallest absolute Gasteiger partial charge is 0.326 e. The molecule has 0 radical (unpaired) electrons. The van der Waals surface area contributed by atoms with Gasteiger partial charge in [-0.2, -0.15) is 0 Å². The molecule has 0 rings (SSSR count). The van der Waals surface area contributed by atoms with Crippen LogP contribution in [0.5, 0.6) is 0 Å². The van der Waals surface area contributed by atoms with Gasteiger partial charge in [0.05, 0.1) is 6.04 Å². The van der Waals surface area contributed by atoms with E-state index in [9.17, 15) is 19.5 Å². The van der Waals surface area contributed by atoms with Crippen LogP contribution in [-0.4, -0.2) is 59.8 Å². The van der Waals surface area contributed by atoms with Crippen LogP contribution in [0.4, 0.5) is 0 Å². The van der Waals surface area contributed by atoms with Gasteiger partial charge in [0.2, 0.25) is 5.91 Å². The van der Waals surface area contributed by atoms with Crippen LogP contribution in [0.25, 0.3) is 0 Å². The van der Waals surface area contributed by atoms with Gasteiger partial charge in [0.1, 0.15) is 6.04 Å². The van der Waals surface area contributed by atoms with Gasteiger partial charge in [-0.05, 0) is 45.3 Å². The summed E-state index contributed by atoms with van der Waals surface area (Å²) in [5.41, 5.74) is 0. The van der Waals surface area contributed by atoms with E-state index in [1.54, 1.807) is 6.92 Å². The molecule has 0 bridgehead atoms. The maximum absolute atomic E-state index is 12.2. The van der Waals surface area contributed by atoms with E-state index < -0.39 is 29.9 Å². The van der Waals surface area contributed by atoms with Gasteiger partial charge in [0.25, 0.3) is 0 Å². The normalized spacial score (nSPS) is 13.3. The fourth-order valence-corrected chi connectivity index (χ4v) is 2.15. The van der Waals surface area contributed by atoms with Gasteiger partial charge in [-0.3, -0.25) is 9.59 Å². The van der Waals surface area contributed by atoms with E-state index in [0.29, 0.717) is 19.4 Å². The molecule has 0 heterocycles. The molecule has 0 aliphatic rings. The highest BCUT2D eigenvalue weighted by Crippen LogP contribution is 2.04. The summed E-state index contributed by atoms with van der Waals surface area (Å²) in [4.78, 5) is 34.0. The second-order valence-corrected chi connectivity index (χ2v) is 5.29. The number of carbonyl (C=O) groups is 3. The minimum atomic E-state index is -1.07. The molecule has 5 N–H and O–H groups in total. The van der Waals surface area contributed by atoms with Crippen LogP contribution in [0, 0.1) is 0 Å². The van der Waals surface area contributed by atoms with Crippen LogP contribution in [-0.2, 0) is 14.4 Å². The molecule has 0 aromatic rings. The molecule has 8 heteroatoms. The first kappa shape index (κ1) is 21.3. The van der Waals surface area contributed by atoms with Crippen LogP contribution in [0.1, 0.15) is 46.0 Å². The lowest BCUT2D eigenvalue weighted by Crippen LogP contribution is -2.50. The number of hydrogen-bond acceptors (Lipinski definition) is 5. The van der Waals surface area contributed by atoms with E-state index in [0.717, 1.165) is 19.5 Å². The molecule has 0 fully saturated rings. The SMILES string of the molecule is CCNCCCC[C@H](NC(=O)[C@H](CCC(=O)O)NCC)C(=O)O. The molecule has 0 saturated heterocycles. The molecule has 0 spiro atoms. The first-order valence-corrected chi connectivity index (χ1v) is 8.11. The van der Waals surface area contributed by atoms with Gasteiger partial charge in [-0.15, -0.1) is 0 Å². The van der Waals surface area contributed by atoms with Crippen molar-refractivity contribution in [3.8, 4) is 0 Å². The van der Waals surface area contributed by atoms with Gasteiger partial charge in [-0.25, -0.2) is 4.79 Å². The lowest BCUT2D eigenvalue weighted by Gasteiger charge is -2.20. The van der Waals surface area contributed by atoms with Crippen molar-refractivity contribution in [2.24, 2.45) is 0 Å². The minimum absolute atomic E-state index is 0.127. The van der Waals surface area contributed by atoms with E-state index in [1.807, 2.05) is 6.92 Å².